The van der Waals surface area contributed by atoms with Crippen molar-refractivity contribution in [2.24, 2.45) is 0 Å². The molecule has 0 N–H and O–H groups in total. The number of benzene rings is 1. The zero-order valence-corrected chi connectivity index (χ0v) is 10.4. The summed E-state index contributed by atoms with van der Waals surface area (Å²) in [6.45, 7) is 4.41. The molecule has 0 bridgehead atoms. The summed E-state index contributed by atoms with van der Waals surface area (Å²) in [4.78, 5) is 4.46. The maximum absolute atomic E-state index is 4.46. The summed E-state index contributed by atoms with van der Waals surface area (Å²) < 4.78 is 1.27. The lowest BCUT2D eigenvalue weighted by Gasteiger charge is -2.09. The lowest BCUT2D eigenvalue weighted by atomic mass is 10.00. The fourth-order valence-corrected chi connectivity index (χ4v) is 2.23. The molecule has 0 saturated carbocycles. The van der Waals surface area contributed by atoms with E-state index in [0.717, 1.165) is 5.52 Å². The van der Waals surface area contributed by atoms with Crippen LogP contribution in [-0.2, 0) is 0 Å². The highest BCUT2D eigenvalue weighted by Gasteiger charge is 2.06. The third kappa shape index (κ3) is 1.63. The van der Waals surface area contributed by atoms with Crippen LogP contribution < -0.4 is 0 Å². The van der Waals surface area contributed by atoms with E-state index < -0.39 is 0 Å². The Bertz CT molecular complexity index is 463. The Balaban J connectivity index is 2.81. The van der Waals surface area contributed by atoms with Crippen molar-refractivity contribution in [3.05, 3.63) is 39.6 Å². The first kappa shape index (κ1) is 9.90. The van der Waals surface area contributed by atoms with Crippen molar-refractivity contribution < 1.29 is 0 Å². The van der Waals surface area contributed by atoms with Gasteiger partial charge in [-0.1, -0.05) is 32.0 Å². The van der Waals surface area contributed by atoms with E-state index >= 15 is 0 Å². The van der Waals surface area contributed by atoms with Crippen molar-refractivity contribution >= 4 is 33.5 Å². The van der Waals surface area contributed by atoms with E-state index in [1.165, 1.54) is 14.5 Å². The quantitative estimate of drug-likeness (QED) is 0.726. The molecule has 1 heterocycles. The van der Waals surface area contributed by atoms with Crippen LogP contribution in [0.1, 0.15) is 25.3 Å². The summed E-state index contributed by atoms with van der Waals surface area (Å²) in [5.41, 5.74) is 2.48. The molecule has 0 unspecified atom stereocenters. The predicted molar refractivity (Wildman–Crippen MR) is 68.5 cm³/mol. The smallest absolute Gasteiger partial charge is 0.0747 e. The van der Waals surface area contributed by atoms with Crippen LogP contribution in [0.2, 0.25) is 0 Å². The van der Waals surface area contributed by atoms with Gasteiger partial charge in [0.1, 0.15) is 0 Å². The average Bonchev–Trinajstić information content (AvgIpc) is 2.17. The second-order valence-corrected chi connectivity index (χ2v) is 4.85. The van der Waals surface area contributed by atoms with E-state index in [4.69, 9.17) is 0 Å². The maximum Gasteiger partial charge on any atom is 0.0747 e. The Kier molecular flexibility index (Phi) is 2.72. The van der Waals surface area contributed by atoms with Gasteiger partial charge in [-0.25, -0.2) is 0 Å². The van der Waals surface area contributed by atoms with Gasteiger partial charge >= 0.3 is 0 Å². The number of aromatic nitrogens is 1. The Labute approximate surface area is 97.7 Å². The summed E-state index contributed by atoms with van der Waals surface area (Å²) in [6.07, 6.45) is 1.88. The molecule has 0 spiro atoms. The Hall–Kier alpha value is -0.640. The molecule has 2 aromatic rings. The van der Waals surface area contributed by atoms with Gasteiger partial charge in [0, 0.05) is 15.2 Å². The van der Waals surface area contributed by atoms with Crippen LogP contribution >= 0.6 is 22.6 Å². The van der Waals surface area contributed by atoms with Crippen LogP contribution in [0.25, 0.3) is 10.9 Å². The SMILES string of the molecule is CC(C)c1cccc2c(I)ccnc12. The summed E-state index contributed by atoms with van der Waals surface area (Å²) in [5.74, 6) is 0.532. The molecule has 1 aromatic heterocycles. The maximum atomic E-state index is 4.46. The molecule has 0 radical (unpaired) electrons. The van der Waals surface area contributed by atoms with E-state index in [9.17, 15) is 0 Å². The number of rotatable bonds is 1. The third-order valence-electron chi connectivity index (χ3n) is 2.37. The molecule has 72 valence electrons. The molecule has 2 rings (SSSR count). The van der Waals surface area contributed by atoms with Gasteiger partial charge < -0.3 is 0 Å². The molecule has 0 atom stereocenters. The zero-order chi connectivity index (χ0) is 10.1. The van der Waals surface area contributed by atoms with Crippen LogP contribution in [0.4, 0.5) is 0 Å². The molecule has 0 aliphatic rings. The lowest BCUT2D eigenvalue weighted by molar-refractivity contribution is 0.873. The molecule has 0 aliphatic heterocycles. The molecule has 1 aromatic carbocycles. The van der Waals surface area contributed by atoms with Gasteiger partial charge in [-0.05, 0) is 40.1 Å². The largest absolute Gasteiger partial charge is 0.256 e. The molecular weight excluding hydrogens is 285 g/mol. The minimum absolute atomic E-state index is 0.532. The van der Waals surface area contributed by atoms with Gasteiger partial charge in [-0.3, -0.25) is 4.98 Å². The fourth-order valence-electron chi connectivity index (χ4n) is 1.63. The standard InChI is InChI=1S/C12H12IN/c1-8(2)9-4-3-5-10-11(13)6-7-14-12(9)10/h3-8H,1-2H3. The molecule has 1 nitrogen and oxygen atoms in total. The molecular formula is C12H12IN. The number of nitrogens with zero attached hydrogens (tertiary/aromatic N) is 1. The van der Waals surface area contributed by atoms with E-state index in [1.54, 1.807) is 0 Å². The van der Waals surface area contributed by atoms with E-state index in [0.29, 0.717) is 5.92 Å². The average molecular weight is 297 g/mol. The van der Waals surface area contributed by atoms with Crippen molar-refractivity contribution in [3.8, 4) is 0 Å². The first-order chi connectivity index (χ1) is 6.70. The van der Waals surface area contributed by atoms with Gasteiger partial charge in [0.05, 0.1) is 5.52 Å². The normalized spacial score (nSPS) is 11.1. The van der Waals surface area contributed by atoms with Crippen molar-refractivity contribution in [3.63, 3.8) is 0 Å². The summed E-state index contributed by atoms with van der Waals surface area (Å²) in [7, 11) is 0. The number of pyridine rings is 1. The minimum atomic E-state index is 0.532. The van der Waals surface area contributed by atoms with Gasteiger partial charge in [0.15, 0.2) is 0 Å². The van der Waals surface area contributed by atoms with E-state index in [-0.39, 0.29) is 0 Å². The molecule has 0 saturated heterocycles. The van der Waals surface area contributed by atoms with Crippen molar-refractivity contribution in [1.29, 1.82) is 0 Å². The Morgan fingerprint density at radius 2 is 2.00 bits per heavy atom. The first-order valence-corrected chi connectivity index (χ1v) is 5.81. The fraction of sp³-hybridized carbons (Fsp3) is 0.250. The highest BCUT2D eigenvalue weighted by molar-refractivity contribution is 14.1. The first-order valence-electron chi connectivity index (χ1n) is 4.73. The summed E-state index contributed by atoms with van der Waals surface area (Å²) in [6, 6.07) is 8.46. The van der Waals surface area contributed by atoms with Gasteiger partial charge in [0.2, 0.25) is 0 Å². The van der Waals surface area contributed by atoms with E-state index in [2.05, 4.69) is 59.6 Å². The van der Waals surface area contributed by atoms with Gasteiger partial charge in [-0.15, -0.1) is 0 Å². The monoisotopic (exact) mass is 297 g/mol. The minimum Gasteiger partial charge on any atom is -0.256 e. The number of hydrogen-bond donors (Lipinski definition) is 0. The summed E-state index contributed by atoms with van der Waals surface area (Å²) >= 11 is 2.36. The summed E-state index contributed by atoms with van der Waals surface area (Å²) in [5, 5.41) is 1.26. The van der Waals surface area contributed by atoms with Crippen LogP contribution in [0.5, 0.6) is 0 Å². The van der Waals surface area contributed by atoms with Crippen LogP contribution in [0, 0.1) is 3.57 Å². The lowest BCUT2D eigenvalue weighted by Crippen LogP contribution is -1.92. The highest BCUT2D eigenvalue weighted by atomic mass is 127. The molecule has 0 amide bonds. The third-order valence-corrected chi connectivity index (χ3v) is 3.31. The van der Waals surface area contributed by atoms with Crippen molar-refractivity contribution in [2.45, 2.75) is 19.8 Å². The number of hydrogen-bond acceptors (Lipinski definition) is 1. The molecule has 14 heavy (non-hydrogen) atoms. The molecule has 0 aliphatic carbocycles. The van der Waals surface area contributed by atoms with Crippen molar-refractivity contribution in [2.75, 3.05) is 0 Å². The Morgan fingerprint density at radius 3 is 2.71 bits per heavy atom. The van der Waals surface area contributed by atoms with Crippen LogP contribution in [0.3, 0.4) is 0 Å². The highest BCUT2D eigenvalue weighted by Crippen LogP contribution is 2.26. The number of fused-ring (bicyclic) bond motifs is 1. The topological polar surface area (TPSA) is 12.9 Å². The van der Waals surface area contributed by atoms with E-state index in [1.807, 2.05) is 12.3 Å². The second-order valence-electron chi connectivity index (χ2n) is 3.69. The Morgan fingerprint density at radius 1 is 1.21 bits per heavy atom. The van der Waals surface area contributed by atoms with Gasteiger partial charge in [-0.2, -0.15) is 0 Å². The number of halogens is 1. The van der Waals surface area contributed by atoms with Crippen molar-refractivity contribution in [1.82, 2.24) is 4.98 Å². The second kappa shape index (κ2) is 3.85. The molecule has 2 heteroatoms. The zero-order valence-electron chi connectivity index (χ0n) is 8.29. The van der Waals surface area contributed by atoms with Crippen LogP contribution in [0.15, 0.2) is 30.5 Å². The van der Waals surface area contributed by atoms with Crippen LogP contribution in [-0.4, -0.2) is 4.98 Å². The number of para-hydroxylation sites is 1. The van der Waals surface area contributed by atoms with Gasteiger partial charge in [0.25, 0.3) is 0 Å². The molecule has 0 fully saturated rings. The predicted octanol–water partition coefficient (Wildman–Crippen LogP) is 3.96.